The molecule has 0 aliphatic carbocycles. The topological polar surface area (TPSA) is 16.6 Å². The summed E-state index contributed by atoms with van der Waals surface area (Å²) in [6, 6.07) is 18.1. The molecule has 0 amide bonds. The molecule has 0 unspecified atom stereocenters. The number of quaternary nitrogens is 1. The first-order valence-corrected chi connectivity index (χ1v) is 8.67. The van der Waals surface area contributed by atoms with Crippen LogP contribution in [-0.4, -0.2) is 0 Å². The van der Waals surface area contributed by atoms with Crippen LogP contribution in [0.5, 0.6) is 0 Å². The minimum atomic E-state index is 0.233. The van der Waals surface area contributed by atoms with Crippen molar-refractivity contribution >= 4 is 0 Å². The van der Waals surface area contributed by atoms with Gasteiger partial charge in [0, 0.05) is 11.1 Å². The zero-order chi connectivity index (χ0) is 17.1. The van der Waals surface area contributed by atoms with Gasteiger partial charge in [0.25, 0.3) is 0 Å². The fourth-order valence-electron chi connectivity index (χ4n) is 2.69. The second-order valence-corrected chi connectivity index (χ2v) is 8.59. The van der Waals surface area contributed by atoms with Crippen molar-refractivity contribution in [2.24, 2.45) is 0 Å². The van der Waals surface area contributed by atoms with Crippen molar-refractivity contribution in [3.05, 3.63) is 70.8 Å². The lowest BCUT2D eigenvalue weighted by molar-refractivity contribution is -0.686. The van der Waals surface area contributed by atoms with Crippen molar-refractivity contribution in [2.45, 2.75) is 65.5 Å². The summed E-state index contributed by atoms with van der Waals surface area (Å²) in [7, 11) is 0. The van der Waals surface area contributed by atoms with Crippen molar-refractivity contribution in [3.8, 4) is 0 Å². The summed E-state index contributed by atoms with van der Waals surface area (Å²) in [6.45, 7) is 15.6. The van der Waals surface area contributed by atoms with Crippen LogP contribution in [0.25, 0.3) is 0 Å². The molecule has 1 heteroatoms. The van der Waals surface area contributed by atoms with Gasteiger partial charge in [-0.3, -0.25) is 0 Å². The average molecular weight is 311 g/mol. The molecule has 0 fully saturated rings. The number of hydrogen-bond acceptors (Lipinski definition) is 0. The van der Waals surface area contributed by atoms with E-state index in [1.54, 1.807) is 0 Å². The normalized spacial score (nSPS) is 12.4. The SMILES string of the molecule is CC(C)(C)c1ccc(C[NH2+]Cc2ccc(C(C)(C)C)cc2)cc1. The largest absolute Gasteiger partial charge is 0.339 e. The molecule has 0 heterocycles. The van der Waals surface area contributed by atoms with Gasteiger partial charge in [0.15, 0.2) is 0 Å². The second kappa shape index (κ2) is 6.88. The Hall–Kier alpha value is -1.60. The Morgan fingerprint density at radius 2 is 0.870 bits per heavy atom. The summed E-state index contributed by atoms with van der Waals surface area (Å²) >= 11 is 0. The molecule has 2 rings (SSSR count). The standard InChI is InChI=1S/C22H31N/c1-21(2,3)19-11-7-17(8-12-19)15-23-16-18-9-13-20(14-10-18)22(4,5)6/h7-14,23H,15-16H2,1-6H3/p+1. The highest BCUT2D eigenvalue weighted by atomic mass is 14.8. The molecule has 0 aromatic heterocycles. The van der Waals surface area contributed by atoms with Gasteiger partial charge in [-0.05, 0) is 22.0 Å². The summed E-state index contributed by atoms with van der Waals surface area (Å²) in [5.41, 5.74) is 6.06. The van der Waals surface area contributed by atoms with Crippen LogP contribution < -0.4 is 5.32 Å². The van der Waals surface area contributed by atoms with Crippen molar-refractivity contribution in [1.29, 1.82) is 0 Å². The molecule has 2 N–H and O–H groups in total. The van der Waals surface area contributed by atoms with Gasteiger partial charge in [0.1, 0.15) is 13.1 Å². The zero-order valence-electron chi connectivity index (χ0n) is 15.6. The number of nitrogens with two attached hydrogens (primary N) is 1. The van der Waals surface area contributed by atoms with Crippen LogP contribution in [0.3, 0.4) is 0 Å². The number of benzene rings is 2. The van der Waals surface area contributed by atoms with Crippen molar-refractivity contribution in [1.82, 2.24) is 0 Å². The smallest absolute Gasteiger partial charge is 0.101 e. The highest BCUT2D eigenvalue weighted by Gasteiger charge is 2.14. The highest BCUT2D eigenvalue weighted by molar-refractivity contribution is 5.28. The van der Waals surface area contributed by atoms with Crippen LogP contribution >= 0.6 is 0 Å². The van der Waals surface area contributed by atoms with Crippen LogP contribution in [0.4, 0.5) is 0 Å². The second-order valence-electron chi connectivity index (χ2n) is 8.59. The summed E-state index contributed by atoms with van der Waals surface area (Å²) in [4.78, 5) is 0. The molecule has 0 radical (unpaired) electrons. The van der Waals surface area contributed by atoms with E-state index in [4.69, 9.17) is 0 Å². The minimum Gasteiger partial charge on any atom is -0.339 e. The van der Waals surface area contributed by atoms with Gasteiger partial charge in [-0.2, -0.15) is 0 Å². The maximum Gasteiger partial charge on any atom is 0.101 e. The Morgan fingerprint density at radius 1 is 0.565 bits per heavy atom. The minimum absolute atomic E-state index is 0.233. The fourth-order valence-corrected chi connectivity index (χ4v) is 2.69. The lowest BCUT2D eigenvalue weighted by atomic mass is 9.86. The van der Waals surface area contributed by atoms with E-state index >= 15 is 0 Å². The zero-order valence-corrected chi connectivity index (χ0v) is 15.6. The molecule has 23 heavy (non-hydrogen) atoms. The van der Waals surface area contributed by atoms with E-state index in [-0.39, 0.29) is 10.8 Å². The molecule has 0 aliphatic heterocycles. The van der Waals surface area contributed by atoms with Gasteiger partial charge in [-0.1, -0.05) is 90.1 Å². The van der Waals surface area contributed by atoms with Crippen molar-refractivity contribution in [3.63, 3.8) is 0 Å². The van der Waals surface area contributed by atoms with E-state index in [0.29, 0.717) is 0 Å². The Kier molecular flexibility index (Phi) is 5.31. The van der Waals surface area contributed by atoms with E-state index in [2.05, 4.69) is 95.4 Å². The Labute approximate surface area is 142 Å². The van der Waals surface area contributed by atoms with Gasteiger partial charge in [-0.15, -0.1) is 0 Å². The van der Waals surface area contributed by atoms with Crippen LogP contribution in [-0.2, 0) is 23.9 Å². The van der Waals surface area contributed by atoms with Crippen LogP contribution in [0.15, 0.2) is 48.5 Å². The summed E-state index contributed by atoms with van der Waals surface area (Å²) < 4.78 is 0. The molecule has 2 aromatic carbocycles. The third kappa shape index (κ3) is 5.21. The van der Waals surface area contributed by atoms with E-state index in [0.717, 1.165) is 13.1 Å². The maximum atomic E-state index is 2.37. The molecule has 0 bridgehead atoms. The first-order valence-electron chi connectivity index (χ1n) is 8.67. The van der Waals surface area contributed by atoms with E-state index in [9.17, 15) is 0 Å². The van der Waals surface area contributed by atoms with Crippen LogP contribution in [0.2, 0.25) is 0 Å². The summed E-state index contributed by atoms with van der Waals surface area (Å²) in [5, 5.41) is 2.37. The third-order valence-corrected chi connectivity index (χ3v) is 4.40. The molecule has 0 saturated carbocycles. The molecule has 0 spiro atoms. The van der Waals surface area contributed by atoms with E-state index < -0.39 is 0 Å². The van der Waals surface area contributed by atoms with Crippen LogP contribution in [0, 0.1) is 0 Å². The first kappa shape index (κ1) is 17.7. The number of rotatable bonds is 4. The van der Waals surface area contributed by atoms with Gasteiger partial charge >= 0.3 is 0 Å². The molecule has 0 saturated heterocycles. The third-order valence-electron chi connectivity index (χ3n) is 4.40. The monoisotopic (exact) mass is 310 g/mol. The van der Waals surface area contributed by atoms with Crippen molar-refractivity contribution in [2.75, 3.05) is 0 Å². The molecule has 124 valence electrons. The molecular weight excluding hydrogens is 278 g/mol. The Morgan fingerprint density at radius 3 is 1.13 bits per heavy atom. The van der Waals surface area contributed by atoms with Gasteiger partial charge in [-0.25, -0.2) is 0 Å². The van der Waals surface area contributed by atoms with Gasteiger partial charge < -0.3 is 5.32 Å². The highest BCUT2D eigenvalue weighted by Crippen LogP contribution is 2.22. The first-order chi connectivity index (χ1) is 10.7. The maximum absolute atomic E-state index is 2.37. The molecule has 1 nitrogen and oxygen atoms in total. The Balaban J connectivity index is 1.87. The lowest BCUT2D eigenvalue weighted by Gasteiger charge is -2.19. The predicted octanol–water partition coefficient (Wildman–Crippen LogP) is 4.55. The molecule has 0 atom stereocenters. The summed E-state index contributed by atoms with van der Waals surface area (Å²) in [5.74, 6) is 0. The number of hydrogen-bond donors (Lipinski definition) is 1. The lowest BCUT2D eigenvalue weighted by Crippen LogP contribution is -2.80. The Bertz CT molecular complexity index is 550. The quantitative estimate of drug-likeness (QED) is 0.853. The summed E-state index contributed by atoms with van der Waals surface area (Å²) in [6.07, 6.45) is 0. The predicted molar refractivity (Wildman–Crippen MR) is 99.6 cm³/mol. The molecule has 2 aromatic rings. The van der Waals surface area contributed by atoms with Gasteiger partial charge in [0.2, 0.25) is 0 Å². The fraction of sp³-hybridized carbons (Fsp3) is 0.455. The molecule has 0 aliphatic rings. The van der Waals surface area contributed by atoms with E-state index in [1.165, 1.54) is 22.3 Å². The average Bonchev–Trinajstić information content (AvgIpc) is 2.46. The van der Waals surface area contributed by atoms with E-state index in [1.807, 2.05) is 0 Å². The molecular formula is C22H32N+. The van der Waals surface area contributed by atoms with Crippen molar-refractivity contribution < 1.29 is 5.32 Å². The van der Waals surface area contributed by atoms with Crippen LogP contribution in [0.1, 0.15) is 63.8 Å². The van der Waals surface area contributed by atoms with Gasteiger partial charge in [0.05, 0.1) is 0 Å².